The summed E-state index contributed by atoms with van der Waals surface area (Å²) in [4.78, 5) is 0. The van der Waals surface area contributed by atoms with Crippen molar-refractivity contribution in [3.05, 3.63) is 41.7 Å². The monoisotopic (exact) mass is 322 g/mol. The van der Waals surface area contributed by atoms with Gasteiger partial charge >= 0.3 is 15.6 Å². The lowest BCUT2D eigenvalue weighted by atomic mass is 9.99. The Hall–Kier alpha value is -1.70. The standard InChI is InChI=1S/C13H13F3O4S/c1-19-11-5-2-9(3-6-11)10-4-7-12(8-10)20-21(17,18)13(14,15)16/h2-3,5-6,8,10H,4,7H2,1H3. The molecule has 1 unspecified atom stereocenters. The lowest BCUT2D eigenvalue weighted by Gasteiger charge is -2.09. The lowest BCUT2D eigenvalue weighted by molar-refractivity contribution is -0.0522. The van der Waals surface area contributed by atoms with Crippen LogP contribution in [0.2, 0.25) is 0 Å². The van der Waals surface area contributed by atoms with Crippen LogP contribution in [0.1, 0.15) is 24.3 Å². The molecule has 1 aliphatic rings. The minimum absolute atomic E-state index is 0.145. The van der Waals surface area contributed by atoms with Gasteiger partial charge in [0.05, 0.1) is 7.11 Å². The zero-order valence-electron chi connectivity index (χ0n) is 11.1. The van der Waals surface area contributed by atoms with Gasteiger partial charge in [0, 0.05) is 12.3 Å². The quantitative estimate of drug-likeness (QED) is 0.630. The molecule has 0 aliphatic heterocycles. The number of hydrogen-bond acceptors (Lipinski definition) is 4. The molecular formula is C13H13F3O4S. The molecule has 0 heterocycles. The summed E-state index contributed by atoms with van der Waals surface area (Å²) in [5.41, 5.74) is -4.55. The molecule has 0 spiro atoms. The van der Waals surface area contributed by atoms with Gasteiger partial charge in [0.15, 0.2) is 0 Å². The molecule has 116 valence electrons. The first-order chi connectivity index (χ1) is 9.73. The maximum absolute atomic E-state index is 12.2. The van der Waals surface area contributed by atoms with E-state index in [-0.39, 0.29) is 18.1 Å². The SMILES string of the molecule is COc1ccc(C2C=C(OS(=O)(=O)C(F)(F)F)CC2)cc1. The molecule has 0 saturated carbocycles. The molecule has 0 aromatic heterocycles. The fraction of sp³-hybridized carbons (Fsp3) is 0.385. The van der Waals surface area contributed by atoms with Crippen LogP contribution in [0.5, 0.6) is 5.75 Å². The van der Waals surface area contributed by atoms with Crippen LogP contribution in [0.15, 0.2) is 36.1 Å². The number of hydrogen-bond donors (Lipinski definition) is 0. The Balaban J connectivity index is 2.12. The van der Waals surface area contributed by atoms with Crippen molar-refractivity contribution in [1.82, 2.24) is 0 Å². The maximum atomic E-state index is 12.2. The van der Waals surface area contributed by atoms with Crippen LogP contribution >= 0.6 is 0 Å². The Morgan fingerprint density at radius 1 is 1.19 bits per heavy atom. The Bertz CT molecular complexity index is 632. The molecule has 0 radical (unpaired) electrons. The Kier molecular flexibility index (Phi) is 4.18. The molecule has 0 bridgehead atoms. The largest absolute Gasteiger partial charge is 0.534 e. The summed E-state index contributed by atoms with van der Waals surface area (Å²) in [7, 11) is -4.06. The molecule has 21 heavy (non-hydrogen) atoms. The van der Waals surface area contributed by atoms with E-state index in [0.717, 1.165) is 5.56 Å². The second-order valence-electron chi connectivity index (χ2n) is 4.53. The predicted molar refractivity (Wildman–Crippen MR) is 69.1 cm³/mol. The van der Waals surface area contributed by atoms with E-state index in [4.69, 9.17) is 4.74 Å². The molecule has 0 fully saturated rings. The average molecular weight is 322 g/mol. The van der Waals surface area contributed by atoms with Gasteiger partial charge in [0.2, 0.25) is 0 Å². The molecule has 1 atom stereocenters. The summed E-state index contributed by atoms with van der Waals surface area (Å²) >= 11 is 0. The first-order valence-corrected chi connectivity index (χ1v) is 7.49. The molecule has 4 nitrogen and oxygen atoms in total. The van der Waals surface area contributed by atoms with E-state index < -0.39 is 15.6 Å². The minimum Gasteiger partial charge on any atom is -0.497 e. The van der Waals surface area contributed by atoms with Crippen LogP contribution in [0, 0.1) is 0 Å². The molecule has 8 heteroatoms. The fourth-order valence-electron chi connectivity index (χ4n) is 2.06. The van der Waals surface area contributed by atoms with Gasteiger partial charge < -0.3 is 8.92 Å². The normalized spacial score (nSPS) is 19.2. The van der Waals surface area contributed by atoms with Gasteiger partial charge in [-0.1, -0.05) is 12.1 Å². The van der Waals surface area contributed by atoms with E-state index in [0.29, 0.717) is 12.2 Å². The van der Waals surface area contributed by atoms with E-state index in [2.05, 4.69) is 4.18 Å². The zero-order chi connectivity index (χ0) is 15.7. The van der Waals surface area contributed by atoms with Crippen molar-refractivity contribution in [2.24, 2.45) is 0 Å². The van der Waals surface area contributed by atoms with Gasteiger partial charge in [-0.2, -0.15) is 21.6 Å². The molecule has 1 aromatic carbocycles. The predicted octanol–water partition coefficient (Wildman–Crippen LogP) is 3.32. The van der Waals surface area contributed by atoms with Gasteiger partial charge in [0.1, 0.15) is 11.5 Å². The Labute approximate surface area is 120 Å². The number of alkyl halides is 3. The molecule has 0 amide bonds. The lowest BCUT2D eigenvalue weighted by Crippen LogP contribution is -2.25. The number of benzene rings is 1. The highest BCUT2D eigenvalue weighted by Gasteiger charge is 2.49. The molecule has 0 N–H and O–H groups in total. The maximum Gasteiger partial charge on any atom is 0.534 e. The number of methoxy groups -OCH3 is 1. The molecular weight excluding hydrogens is 309 g/mol. The summed E-state index contributed by atoms with van der Waals surface area (Å²) in [5, 5.41) is 0. The third kappa shape index (κ3) is 3.49. The van der Waals surface area contributed by atoms with Crippen molar-refractivity contribution < 1.29 is 30.5 Å². The minimum atomic E-state index is -5.59. The number of ether oxygens (including phenoxy) is 1. The van der Waals surface area contributed by atoms with Crippen molar-refractivity contribution in [2.45, 2.75) is 24.3 Å². The second-order valence-corrected chi connectivity index (χ2v) is 6.07. The van der Waals surface area contributed by atoms with E-state index in [9.17, 15) is 21.6 Å². The van der Waals surface area contributed by atoms with E-state index in [1.54, 1.807) is 24.3 Å². The van der Waals surface area contributed by atoms with Crippen LogP contribution in [-0.4, -0.2) is 21.0 Å². The van der Waals surface area contributed by atoms with Crippen molar-refractivity contribution in [3.63, 3.8) is 0 Å². The second kappa shape index (κ2) is 5.59. The van der Waals surface area contributed by atoms with Gasteiger partial charge in [-0.25, -0.2) is 0 Å². The molecule has 1 aliphatic carbocycles. The van der Waals surface area contributed by atoms with Gasteiger partial charge in [-0.05, 0) is 30.2 Å². The average Bonchev–Trinajstić information content (AvgIpc) is 2.85. The van der Waals surface area contributed by atoms with E-state index in [1.165, 1.54) is 13.2 Å². The highest BCUT2D eigenvalue weighted by molar-refractivity contribution is 7.87. The smallest absolute Gasteiger partial charge is 0.497 e. The molecule has 1 aromatic rings. The zero-order valence-corrected chi connectivity index (χ0v) is 11.9. The van der Waals surface area contributed by atoms with E-state index in [1.807, 2.05) is 0 Å². The highest BCUT2D eigenvalue weighted by atomic mass is 32.2. The summed E-state index contributed by atoms with van der Waals surface area (Å²) in [6.45, 7) is 0. The first kappa shape index (κ1) is 15.7. The van der Waals surface area contributed by atoms with Crippen LogP contribution in [-0.2, 0) is 14.3 Å². The van der Waals surface area contributed by atoms with Crippen molar-refractivity contribution in [1.29, 1.82) is 0 Å². The number of rotatable bonds is 4. The number of halogens is 3. The third-order valence-electron chi connectivity index (χ3n) is 3.13. The number of allylic oxidation sites excluding steroid dienone is 2. The summed E-state index contributed by atoms with van der Waals surface area (Å²) in [5.74, 6) is 0.319. The van der Waals surface area contributed by atoms with Crippen LogP contribution in [0.3, 0.4) is 0 Å². The molecule has 0 saturated heterocycles. The summed E-state index contributed by atoms with van der Waals surface area (Å²) in [6, 6.07) is 7.02. The van der Waals surface area contributed by atoms with Crippen molar-refractivity contribution in [3.8, 4) is 5.75 Å². The van der Waals surface area contributed by atoms with Crippen molar-refractivity contribution in [2.75, 3.05) is 7.11 Å². The summed E-state index contributed by atoms with van der Waals surface area (Å²) in [6.07, 6.45) is 2.05. The van der Waals surface area contributed by atoms with Crippen LogP contribution < -0.4 is 4.74 Å². The van der Waals surface area contributed by atoms with Gasteiger partial charge in [0.25, 0.3) is 0 Å². The Morgan fingerprint density at radius 3 is 2.33 bits per heavy atom. The summed E-state index contributed by atoms with van der Waals surface area (Å²) < 4.78 is 67.7. The van der Waals surface area contributed by atoms with Gasteiger partial charge in [-0.15, -0.1) is 0 Å². The van der Waals surface area contributed by atoms with E-state index >= 15 is 0 Å². The molecule has 2 rings (SSSR count). The van der Waals surface area contributed by atoms with Crippen LogP contribution in [0.4, 0.5) is 13.2 Å². The van der Waals surface area contributed by atoms with Gasteiger partial charge in [-0.3, -0.25) is 0 Å². The first-order valence-electron chi connectivity index (χ1n) is 6.08. The highest BCUT2D eigenvalue weighted by Crippen LogP contribution is 2.36. The topological polar surface area (TPSA) is 52.6 Å². The fourth-order valence-corrected chi connectivity index (χ4v) is 2.58. The Morgan fingerprint density at radius 2 is 1.81 bits per heavy atom. The van der Waals surface area contributed by atoms with Crippen LogP contribution in [0.25, 0.3) is 0 Å². The third-order valence-corrected chi connectivity index (χ3v) is 4.13. The van der Waals surface area contributed by atoms with Crippen molar-refractivity contribution >= 4 is 10.1 Å².